The number of benzene rings is 2. The van der Waals surface area contributed by atoms with Crippen molar-refractivity contribution in [2.45, 2.75) is 13.5 Å². The topological polar surface area (TPSA) is 33.2 Å². The molecule has 0 N–H and O–H groups in total. The van der Waals surface area contributed by atoms with Gasteiger partial charge in [-0.1, -0.05) is 84.1 Å². The highest BCUT2D eigenvalue weighted by Gasteiger charge is 2.32. The molecule has 0 spiro atoms. The summed E-state index contributed by atoms with van der Waals surface area (Å²) in [6.45, 7) is 2.54. The lowest BCUT2D eigenvalue weighted by Gasteiger charge is -2.14. The van der Waals surface area contributed by atoms with E-state index in [-0.39, 0.29) is 5.91 Å². The minimum absolute atomic E-state index is 0.0557. The first-order valence-corrected chi connectivity index (χ1v) is 10.5. The molecule has 0 radical (unpaired) electrons. The van der Waals surface area contributed by atoms with Gasteiger partial charge in [0.25, 0.3) is 5.91 Å². The number of amides is 1. The number of thiazole rings is 1. The highest BCUT2D eigenvalue weighted by atomic mass is 32.2. The van der Waals surface area contributed by atoms with Crippen molar-refractivity contribution in [2.24, 2.45) is 0 Å². The molecule has 2 heterocycles. The van der Waals surface area contributed by atoms with Crippen LogP contribution in [0.25, 0.3) is 16.6 Å². The van der Waals surface area contributed by atoms with Gasteiger partial charge < -0.3 is 0 Å². The smallest absolute Gasteiger partial charge is 0.266 e. The van der Waals surface area contributed by atoms with Crippen LogP contribution in [0.2, 0.25) is 0 Å². The van der Waals surface area contributed by atoms with E-state index in [1.165, 1.54) is 17.3 Å². The Balaban J connectivity index is 1.53. The molecule has 3 nitrogen and oxygen atoms in total. The molecule has 0 saturated carbocycles. The van der Waals surface area contributed by atoms with Crippen molar-refractivity contribution in [1.29, 1.82) is 0 Å². The highest BCUT2D eigenvalue weighted by Crippen LogP contribution is 2.34. The monoisotopic (exact) mass is 408 g/mol. The van der Waals surface area contributed by atoms with Gasteiger partial charge in [0, 0.05) is 10.9 Å². The average Bonchev–Trinajstić information content (AvgIpc) is 3.25. The van der Waals surface area contributed by atoms with Crippen LogP contribution in [0.4, 0.5) is 0 Å². The summed E-state index contributed by atoms with van der Waals surface area (Å²) in [6.07, 6.45) is 1.83. The molecule has 27 heavy (non-hydrogen) atoms. The first-order chi connectivity index (χ1) is 13.1. The predicted octanol–water partition coefficient (Wildman–Crippen LogP) is 5.52. The third kappa shape index (κ3) is 4.03. The largest absolute Gasteiger partial charge is 0.288 e. The number of aromatic nitrogens is 1. The predicted molar refractivity (Wildman–Crippen MR) is 117 cm³/mol. The summed E-state index contributed by atoms with van der Waals surface area (Å²) in [7, 11) is 0. The number of rotatable bonds is 4. The van der Waals surface area contributed by atoms with Crippen LogP contribution in [-0.2, 0) is 11.3 Å². The Morgan fingerprint density at radius 1 is 1.11 bits per heavy atom. The van der Waals surface area contributed by atoms with Gasteiger partial charge in [0.2, 0.25) is 0 Å². The fraction of sp³-hybridized carbons (Fsp3) is 0.0952. The van der Waals surface area contributed by atoms with Crippen molar-refractivity contribution < 1.29 is 4.79 Å². The van der Waals surface area contributed by atoms with Gasteiger partial charge >= 0.3 is 0 Å². The maximum Gasteiger partial charge on any atom is 0.266 e. The summed E-state index contributed by atoms with van der Waals surface area (Å²) < 4.78 is 0.588. The summed E-state index contributed by atoms with van der Waals surface area (Å²) in [4.78, 5) is 19.7. The molecule has 1 saturated heterocycles. The van der Waals surface area contributed by atoms with E-state index in [9.17, 15) is 4.79 Å². The second-order valence-corrected chi connectivity index (χ2v) is 8.73. The van der Waals surface area contributed by atoms with E-state index in [1.807, 2.05) is 73.0 Å². The molecule has 2 aromatic carbocycles. The van der Waals surface area contributed by atoms with Crippen LogP contribution in [-0.4, -0.2) is 20.1 Å². The van der Waals surface area contributed by atoms with Crippen molar-refractivity contribution in [3.05, 3.63) is 81.7 Å². The van der Waals surface area contributed by atoms with Crippen LogP contribution in [0.5, 0.6) is 0 Å². The number of hydrogen-bond acceptors (Lipinski definition) is 5. The highest BCUT2D eigenvalue weighted by molar-refractivity contribution is 8.26. The molecule has 6 heteroatoms. The minimum Gasteiger partial charge on any atom is -0.288 e. The Hall–Kier alpha value is -2.28. The lowest BCUT2D eigenvalue weighted by molar-refractivity contribution is -0.122. The number of carbonyl (C=O) groups excluding carboxylic acids is 1. The standard InChI is InChI=1S/C21H16N2OS3/c1-14-7-9-15(10-8-14)12-23-20(24)18(27-21(23)25)11-17-13-26-19(22-17)16-5-3-2-4-6-16/h2-11,13H,12H2,1H3/b18-11-. The molecule has 0 bridgehead atoms. The molecule has 4 rings (SSSR count). The summed E-state index contributed by atoms with van der Waals surface area (Å²) in [6, 6.07) is 18.2. The van der Waals surface area contributed by atoms with E-state index in [0.29, 0.717) is 15.8 Å². The Kier molecular flexibility index (Phi) is 5.20. The second-order valence-electron chi connectivity index (χ2n) is 6.20. The van der Waals surface area contributed by atoms with Crippen molar-refractivity contribution in [2.75, 3.05) is 0 Å². The summed E-state index contributed by atoms with van der Waals surface area (Å²) >= 11 is 8.33. The van der Waals surface area contributed by atoms with Gasteiger partial charge in [-0.25, -0.2) is 4.98 Å². The van der Waals surface area contributed by atoms with Crippen molar-refractivity contribution in [1.82, 2.24) is 9.88 Å². The Morgan fingerprint density at radius 3 is 2.59 bits per heavy atom. The van der Waals surface area contributed by atoms with E-state index in [0.717, 1.165) is 21.8 Å². The molecule has 0 unspecified atom stereocenters. The van der Waals surface area contributed by atoms with Crippen LogP contribution >= 0.6 is 35.3 Å². The first-order valence-electron chi connectivity index (χ1n) is 8.42. The lowest BCUT2D eigenvalue weighted by atomic mass is 10.1. The second kappa shape index (κ2) is 7.76. The quantitative estimate of drug-likeness (QED) is 0.420. The fourth-order valence-corrected chi connectivity index (χ4v) is 4.74. The molecule has 0 atom stereocenters. The lowest BCUT2D eigenvalue weighted by Crippen LogP contribution is -2.27. The third-order valence-corrected chi connectivity index (χ3v) is 6.44. The zero-order valence-electron chi connectivity index (χ0n) is 14.6. The fourth-order valence-electron chi connectivity index (χ4n) is 2.71. The van der Waals surface area contributed by atoms with E-state index in [2.05, 4.69) is 4.98 Å². The van der Waals surface area contributed by atoms with Crippen LogP contribution in [0.15, 0.2) is 64.9 Å². The van der Waals surface area contributed by atoms with Crippen molar-refractivity contribution in [3.63, 3.8) is 0 Å². The summed E-state index contributed by atoms with van der Waals surface area (Å²) in [5.41, 5.74) is 4.13. The molecule has 134 valence electrons. The molecular weight excluding hydrogens is 392 g/mol. The molecule has 1 aromatic heterocycles. The van der Waals surface area contributed by atoms with Gasteiger partial charge in [-0.3, -0.25) is 9.69 Å². The zero-order valence-corrected chi connectivity index (χ0v) is 17.0. The zero-order chi connectivity index (χ0) is 18.8. The molecule has 3 aromatic rings. The van der Waals surface area contributed by atoms with E-state index >= 15 is 0 Å². The minimum atomic E-state index is -0.0557. The molecule has 0 aliphatic carbocycles. The third-order valence-electron chi connectivity index (χ3n) is 4.16. The van der Waals surface area contributed by atoms with Crippen LogP contribution in [0.3, 0.4) is 0 Å². The van der Waals surface area contributed by atoms with Gasteiger partial charge in [-0.05, 0) is 18.6 Å². The van der Waals surface area contributed by atoms with E-state index in [4.69, 9.17) is 12.2 Å². The van der Waals surface area contributed by atoms with Crippen molar-refractivity contribution in [3.8, 4) is 10.6 Å². The average molecular weight is 409 g/mol. The van der Waals surface area contributed by atoms with Gasteiger partial charge in [0.1, 0.15) is 9.33 Å². The van der Waals surface area contributed by atoms with Gasteiger partial charge in [0.05, 0.1) is 17.1 Å². The van der Waals surface area contributed by atoms with Gasteiger partial charge in [-0.15, -0.1) is 11.3 Å². The SMILES string of the molecule is Cc1ccc(CN2C(=O)/C(=C/c3csc(-c4ccccc4)n3)SC2=S)cc1. The maximum absolute atomic E-state index is 12.8. The first kappa shape index (κ1) is 18.1. The maximum atomic E-state index is 12.8. The Morgan fingerprint density at radius 2 is 1.85 bits per heavy atom. The number of thiocarbonyl (C=S) groups is 1. The number of nitrogens with zero attached hydrogens (tertiary/aromatic N) is 2. The summed E-state index contributed by atoms with van der Waals surface area (Å²) in [5.74, 6) is -0.0557. The number of hydrogen-bond donors (Lipinski definition) is 0. The molecule has 1 aliphatic heterocycles. The Labute approximate surface area is 171 Å². The van der Waals surface area contributed by atoms with Crippen molar-refractivity contribution >= 4 is 51.6 Å². The van der Waals surface area contributed by atoms with Crippen LogP contribution in [0.1, 0.15) is 16.8 Å². The number of carbonyl (C=O) groups is 1. The number of aryl methyl sites for hydroxylation is 1. The number of thioether (sulfide) groups is 1. The molecule has 1 aliphatic rings. The normalized spacial score (nSPS) is 15.7. The van der Waals surface area contributed by atoms with Crippen LogP contribution in [0, 0.1) is 6.92 Å². The van der Waals surface area contributed by atoms with E-state index in [1.54, 1.807) is 16.2 Å². The molecule has 1 fully saturated rings. The summed E-state index contributed by atoms with van der Waals surface area (Å²) in [5, 5.41) is 2.91. The van der Waals surface area contributed by atoms with Gasteiger partial charge in [0.15, 0.2) is 0 Å². The Bertz CT molecular complexity index is 1020. The van der Waals surface area contributed by atoms with E-state index < -0.39 is 0 Å². The molecule has 1 amide bonds. The van der Waals surface area contributed by atoms with Crippen LogP contribution < -0.4 is 0 Å². The van der Waals surface area contributed by atoms with Gasteiger partial charge in [-0.2, -0.15) is 0 Å². The molecular formula is C21H16N2OS3.